The molecule has 2 aromatic carbocycles. The average molecular weight is 805 g/mol. The summed E-state index contributed by atoms with van der Waals surface area (Å²) in [7, 11) is 0. The Hall–Kier alpha value is -2.32. The Balaban J connectivity index is 1.32. The van der Waals surface area contributed by atoms with E-state index < -0.39 is 0 Å². The Morgan fingerprint density at radius 1 is 0.362 bits per heavy atom. The van der Waals surface area contributed by atoms with Crippen LogP contribution in [-0.4, -0.2) is 65.1 Å². The van der Waals surface area contributed by atoms with Gasteiger partial charge in [0.1, 0.15) is 12.2 Å². The summed E-state index contributed by atoms with van der Waals surface area (Å²) in [5.74, 6) is 0. The van der Waals surface area contributed by atoms with E-state index in [1.54, 1.807) is 0 Å². The summed E-state index contributed by atoms with van der Waals surface area (Å²) < 4.78 is 36.9. The maximum atomic E-state index is 6.28. The van der Waals surface area contributed by atoms with Gasteiger partial charge in [-0.05, 0) is 88.2 Å². The van der Waals surface area contributed by atoms with Gasteiger partial charge in [0, 0.05) is 26.4 Å². The van der Waals surface area contributed by atoms with E-state index in [9.17, 15) is 0 Å². The van der Waals surface area contributed by atoms with E-state index in [-0.39, 0.29) is 12.2 Å². The fourth-order valence-corrected chi connectivity index (χ4v) is 7.24. The molecule has 328 valence electrons. The molecule has 1 aliphatic heterocycles. The van der Waals surface area contributed by atoms with Gasteiger partial charge in [0.2, 0.25) is 0 Å². The zero-order valence-corrected chi connectivity index (χ0v) is 36.7. The average Bonchev–Trinajstić information content (AvgIpc) is 3.25. The summed E-state index contributed by atoms with van der Waals surface area (Å²) in [4.78, 5) is 0. The molecule has 0 N–H and O–H groups in total. The molecule has 58 heavy (non-hydrogen) atoms. The molecule has 2 atom stereocenters. The fourth-order valence-electron chi connectivity index (χ4n) is 7.24. The molecule has 6 nitrogen and oxygen atoms in total. The van der Waals surface area contributed by atoms with Crippen LogP contribution in [0.15, 0.2) is 85.0 Å². The molecule has 0 saturated heterocycles. The number of benzene rings is 2. The van der Waals surface area contributed by atoms with Crippen molar-refractivity contribution in [2.75, 3.05) is 52.9 Å². The number of allylic oxidation sites excluding steroid dienone is 4. The van der Waals surface area contributed by atoms with E-state index in [0.717, 1.165) is 52.1 Å². The first-order chi connectivity index (χ1) is 28.9. The molecule has 1 aliphatic rings. The number of rotatable bonds is 8. The van der Waals surface area contributed by atoms with Crippen LogP contribution in [0.5, 0.6) is 0 Å². The number of ether oxygens (including phenoxy) is 6. The predicted molar refractivity (Wildman–Crippen MR) is 242 cm³/mol. The zero-order chi connectivity index (χ0) is 40.5. The third kappa shape index (κ3) is 30.7. The molecule has 2 aromatic rings. The van der Waals surface area contributed by atoms with Crippen LogP contribution in [0.25, 0.3) is 0 Å². The molecule has 0 aliphatic carbocycles. The molecule has 0 saturated carbocycles. The van der Waals surface area contributed by atoms with Crippen LogP contribution in [0.4, 0.5) is 0 Å². The van der Waals surface area contributed by atoms with E-state index in [1.807, 2.05) is 12.1 Å². The second-order valence-corrected chi connectivity index (χ2v) is 16.3. The van der Waals surface area contributed by atoms with Crippen LogP contribution in [0.1, 0.15) is 165 Å². The first kappa shape index (κ1) is 50.0. The Kier molecular flexibility index (Phi) is 33.5. The zero-order valence-electron chi connectivity index (χ0n) is 36.7. The summed E-state index contributed by atoms with van der Waals surface area (Å²) in [5, 5.41) is 0. The molecule has 0 radical (unpaired) electrons. The van der Waals surface area contributed by atoms with E-state index in [0.29, 0.717) is 39.6 Å². The minimum absolute atomic E-state index is 0.00644. The molecule has 6 heteroatoms. The molecule has 0 spiro atoms. The van der Waals surface area contributed by atoms with E-state index in [2.05, 4.69) is 72.8 Å². The SMILES string of the molecule is C1=C/CCCCCCCOCC(COCc2ccccc2)OCCCCCCC/C=C/CCCCCCCOC(COCc2ccccc2)COCCCCCCC/1. The van der Waals surface area contributed by atoms with Crippen molar-refractivity contribution in [2.24, 2.45) is 0 Å². The summed E-state index contributed by atoms with van der Waals surface area (Å²) in [6, 6.07) is 20.8. The topological polar surface area (TPSA) is 55.4 Å². The van der Waals surface area contributed by atoms with Gasteiger partial charge >= 0.3 is 0 Å². The van der Waals surface area contributed by atoms with Gasteiger partial charge in [-0.2, -0.15) is 0 Å². The van der Waals surface area contributed by atoms with Gasteiger partial charge in [-0.25, -0.2) is 0 Å². The van der Waals surface area contributed by atoms with Crippen molar-refractivity contribution in [3.63, 3.8) is 0 Å². The van der Waals surface area contributed by atoms with Crippen molar-refractivity contribution in [3.05, 3.63) is 96.1 Å². The van der Waals surface area contributed by atoms with Crippen LogP contribution in [0.3, 0.4) is 0 Å². The smallest absolute Gasteiger partial charge is 0.104 e. The summed E-state index contributed by atoms with van der Waals surface area (Å²) in [6.07, 6.45) is 39.2. The van der Waals surface area contributed by atoms with Gasteiger partial charge in [0.15, 0.2) is 0 Å². The molecule has 0 fully saturated rings. The van der Waals surface area contributed by atoms with Crippen molar-refractivity contribution in [1.29, 1.82) is 0 Å². The van der Waals surface area contributed by atoms with Gasteiger partial charge < -0.3 is 28.4 Å². The second kappa shape index (κ2) is 38.9. The van der Waals surface area contributed by atoms with E-state index in [1.165, 1.54) is 140 Å². The molecule has 0 aromatic heterocycles. The van der Waals surface area contributed by atoms with Crippen molar-refractivity contribution in [3.8, 4) is 0 Å². The molecule has 0 amide bonds. The third-order valence-corrected chi connectivity index (χ3v) is 10.8. The van der Waals surface area contributed by atoms with Crippen molar-refractivity contribution in [1.82, 2.24) is 0 Å². The fraction of sp³-hybridized carbons (Fsp3) is 0.692. The number of hydrogen-bond donors (Lipinski definition) is 0. The van der Waals surface area contributed by atoms with Crippen LogP contribution in [0.2, 0.25) is 0 Å². The molecule has 0 bridgehead atoms. The minimum Gasteiger partial charge on any atom is -0.379 e. The first-order valence-corrected chi connectivity index (χ1v) is 23.8. The lowest BCUT2D eigenvalue weighted by Gasteiger charge is -2.18. The molecular formula is C52H84O6. The second-order valence-electron chi connectivity index (χ2n) is 16.3. The summed E-state index contributed by atoms with van der Waals surface area (Å²) in [5.41, 5.74) is 2.40. The van der Waals surface area contributed by atoms with Crippen LogP contribution in [-0.2, 0) is 41.6 Å². The standard InChI is InChI=1S/C52H84O6/c1-2-6-10-14-18-22-32-40-54-46-52(48-56-44-50-37-29-26-30-38-50)58-42-34-24-20-16-12-8-4-3-7-11-15-19-23-33-41-57-51(45-53-39-31-21-17-13-9-5-1)47-55-43-49-35-27-25-28-36-49/h1-4,25-30,35-38,51-52H,5-24,31-34,39-48H2/b2-1+,4-3+. The lowest BCUT2D eigenvalue weighted by atomic mass is 10.1. The highest BCUT2D eigenvalue weighted by Crippen LogP contribution is 2.13. The summed E-state index contributed by atoms with van der Waals surface area (Å²) >= 11 is 0. The van der Waals surface area contributed by atoms with Gasteiger partial charge in [-0.15, -0.1) is 0 Å². The maximum Gasteiger partial charge on any atom is 0.104 e. The van der Waals surface area contributed by atoms with Gasteiger partial charge in [0.05, 0.1) is 39.6 Å². The van der Waals surface area contributed by atoms with Gasteiger partial charge in [-0.3, -0.25) is 0 Å². The van der Waals surface area contributed by atoms with E-state index >= 15 is 0 Å². The lowest BCUT2D eigenvalue weighted by Crippen LogP contribution is -2.26. The molecule has 1 heterocycles. The van der Waals surface area contributed by atoms with E-state index in [4.69, 9.17) is 28.4 Å². The minimum atomic E-state index is -0.00644. The highest BCUT2D eigenvalue weighted by molar-refractivity contribution is 5.14. The lowest BCUT2D eigenvalue weighted by molar-refractivity contribution is -0.0645. The predicted octanol–water partition coefficient (Wildman–Crippen LogP) is 13.7. The van der Waals surface area contributed by atoms with Crippen molar-refractivity contribution < 1.29 is 28.4 Å². The molecule has 3 rings (SSSR count). The molecular weight excluding hydrogens is 721 g/mol. The monoisotopic (exact) mass is 805 g/mol. The Labute approximate surface area is 355 Å². The number of hydrogen-bond acceptors (Lipinski definition) is 6. The quantitative estimate of drug-likeness (QED) is 0.248. The van der Waals surface area contributed by atoms with Crippen LogP contribution in [0, 0.1) is 0 Å². The van der Waals surface area contributed by atoms with Crippen LogP contribution >= 0.6 is 0 Å². The molecule has 2 unspecified atom stereocenters. The Morgan fingerprint density at radius 2 is 0.672 bits per heavy atom. The first-order valence-electron chi connectivity index (χ1n) is 23.8. The van der Waals surface area contributed by atoms with Crippen molar-refractivity contribution >= 4 is 0 Å². The summed E-state index contributed by atoms with van der Waals surface area (Å²) in [6.45, 7) is 6.78. The highest BCUT2D eigenvalue weighted by Gasteiger charge is 2.12. The normalized spacial score (nSPS) is 23.2. The van der Waals surface area contributed by atoms with Gasteiger partial charge in [0.25, 0.3) is 0 Å². The maximum absolute atomic E-state index is 6.28. The largest absolute Gasteiger partial charge is 0.379 e. The van der Waals surface area contributed by atoms with Gasteiger partial charge in [-0.1, -0.05) is 162 Å². The Morgan fingerprint density at radius 3 is 1.03 bits per heavy atom. The van der Waals surface area contributed by atoms with Crippen LogP contribution < -0.4 is 0 Å². The van der Waals surface area contributed by atoms with Crippen molar-refractivity contribution in [2.45, 2.75) is 180 Å². The Bertz CT molecular complexity index is 1100. The highest BCUT2D eigenvalue weighted by atomic mass is 16.6. The third-order valence-electron chi connectivity index (χ3n) is 10.8.